The molecule has 1 N–H and O–H groups in total. The molecule has 0 radical (unpaired) electrons. The Morgan fingerprint density at radius 2 is 1.73 bits per heavy atom. The lowest BCUT2D eigenvalue weighted by atomic mass is 10.1. The second-order valence-electron chi connectivity index (χ2n) is 4.39. The van der Waals surface area contributed by atoms with Crippen LogP contribution in [-0.2, 0) is 14.0 Å². The van der Waals surface area contributed by atoms with E-state index < -0.39 is 8.38 Å². The van der Waals surface area contributed by atoms with Gasteiger partial charge in [0.15, 0.2) is 8.38 Å². The van der Waals surface area contributed by atoms with Gasteiger partial charge in [-0.3, -0.25) is 0 Å². The molecule has 3 atom stereocenters. The molecule has 3 unspecified atom stereocenters. The summed E-state index contributed by atoms with van der Waals surface area (Å²) in [6, 6.07) is 10.2. The maximum absolute atomic E-state index is 9.30. The zero-order valence-corrected chi connectivity index (χ0v) is 15.1. The van der Waals surface area contributed by atoms with Crippen LogP contribution in [0.3, 0.4) is 0 Å². The first kappa shape index (κ1) is 21.2. The topological polar surface area (TPSA) is 47.9 Å². The summed E-state index contributed by atoms with van der Waals surface area (Å²) in [5, 5.41) is 0. The molecule has 5 heteroatoms. The van der Waals surface area contributed by atoms with Crippen molar-refractivity contribution in [3.63, 3.8) is 0 Å². The van der Waals surface area contributed by atoms with Crippen LogP contribution in [0.2, 0.25) is 0 Å². The number of hydrogen-bond acceptors (Lipinski definition) is 4. The summed E-state index contributed by atoms with van der Waals surface area (Å²) < 4.78 is 14.9. The molecule has 0 bridgehead atoms. The first-order valence-electron chi connectivity index (χ1n) is 7.52. The predicted molar refractivity (Wildman–Crippen MR) is 92.9 cm³/mol. The third-order valence-corrected chi connectivity index (χ3v) is 3.64. The lowest BCUT2D eigenvalue weighted by Gasteiger charge is -2.11. The Morgan fingerprint density at radius 1 is 1.14 bits per heavy atom. The van der Waals surface area contributed by atoms with Gasteiger partial charge in [-0.25, -0.2) is 0 Å². The average Bonchev–Trinajstić information content (AvgIpc) is 3.05. The molecule has 2 rings (SSSR count). The van der Waals surface area contributed by atoms with Crippen molar-refractivity contribution in [1.29, 1.82) is 0 Å². The van der Waals surface area contributed by atoms with Crippen LogP contribution in [0.5, 0.6) is 0 Å². The zero-order valence-electron chi connectivity index (χ0n) is 14.2. The minimum atomic E-state index is -1.42. The van der Waals surface area contributed by atoms with E-state index in [9.17, 15) is 4.89 Å². The molecule has 1 aliphatic heterocycles. The highest BCUT2D eigenvalue weighted by molar-refractivity contribution is 7.49. The van der Waals surface area contributed by atoms with Crippen LogP contribution in [0.15, 0.2) is 42.2 Å². The van der Waals surface area contributed by atoms with Gasteiger partial charge in [0, 0.05) is 21.3 Å². The third-order valence-electron chi connectivity index (χ3n) is 2.84. The normalized spacial score (nSPS) is 21.5. The lowest BCUT2D eigenvalue weighted by Crippen LogP contribution is -2.02. The van der Waals surface area contributed by atoms with Gasteiger partial charge in [-0.2, -0.15) is 0 Å². The van der Waals surface area contributed by atoms with Crippen molar-refractivity contribution >= 4 is 8.38 Å². The fraction of sp³-hybridized carbons (Fsp3) is 0.529. The number of benzene rings is 1. The maximum atomic E-state index is 9.30. The van der Waals surface area contributed by atoms with Crippen molar-refractivity contribution in [2.75, 3.05) is 21.3 Å². The summed E-state index contributed by atoms with van der Waals surface area (Å²) in [5.41, 5.74) is 1.22. The van der Waals surface area contributed by atoms with Crippen LogP contribution in [-0.4, -0.2) is 32.3 Å². The molecule has 1 heterocycles. The van der Waals surface area contributed by atoms with Crippen LogP contribution in [0, 0.1) is 0 Å². The Labute approximate surface area is 136 Å². The summed E-state index contributed by atoms with van der Waals surface area (Å²) in [4.78, 5) is 9.30. The number of hydrogen-bond donors (Lipinski definition) is 1. The van der Waals surface area contributed by atoms with Crippen molar-refractivity contribution in [3.8, 4) is 0 Å². The molecule has 0 aromatic heterocycles. The van der Waals surface area contributed by atoms with Gasteiger partial charge in [-0.05, 0) is 24.2 Å². The average molecular weight is 328 g/mol. The predicted octanol–water partition coefficient (Wildman–Crippen LogP) is 4.66. The van der Waals surface area contributed by atoms with E-state index in [1.807, 2.05) is 38.1 Å². The first-order valence-corrected chi connectivity index (χ1v) is 8.80. The van der Waals surface area contributed by atoms with E-state index in [-0.39, 0.29) is 12.2 Å². The summed E-state index contributed by atoms with van der Waals surface area (Å²) in [7, 11) is 3.32. The summed E-state index contributed by atoms with van der Waals surface area (Å²) in [6.07, 6.45) is 4.18. The Hall–Kier alpha value is -0.770. The van der Waals surface area contributed by atoms with Gasteiger partial charge in [0.2, 0.25) is 0 Å². The van der Waals surface area contributed by atoms with Crippen molar-refractivity contribution in [2.45, 2.75) is 38.9 Å². The molecule has 1 aromatic rings. The van der Waals surface area contributed by atoms with E-state index in [1.54, 1.807) is 20.0 Å². The van der Waals surface area contributed by atoms with E-state index in [0.29, 0.717) is 0 Å². The molecule has 4 nitrogen and oxygen atoms in total. The summed E-state index contributed by atoms with van der Waals surface area (Å²) in [6.45, 7) is 4.00. The van der Waals surface area contributed by atoms with Crippen molar-refractivity contribution in [1.82, 2.24) is 0 Å². The smallest absolute Gasteiger partial charge is 0.194 e. The monoisotopic (exact) mass is 328 g/mol. The lowest BCUT2D eigenvalue weighted by molar-refractivity contribution is 0.0711. The molecule has 0 aliphatic carbocycles. The molecule has 0 saturated carbocycles. The minimum Gasteiger partial charge on any atom is -0.388 e. The van der Waals surface area contributed by atoms with Crippen molar-refractivity contribution in [2.24, 2.45) is 0 Å². The van der Waals surface area contributed by atoms with Gasteiger partial charge in [-0.15, -0.1) is 0 Å². The molecule has 1 aliphatic rings. The molecule has 0 spiro atoms. The molecular weight excluding hydrogens is 299 g/mol. The SMILES string of the molecule is CC.COC.COP(O)/C=C/C1CCC(c2ccccc2)O1. The van der Waals surface area contributed by atoms with E-state index in [2.05, 4.69) is 16.9 Å². The highest BCUT2D eigenvalue weighted by atomic mass is 31.2. The molecule has 1 saturated heterocycles. The second kappa shape index (κ2) is 13.9. The van der Waals surface area contributed by atoms with Crippen LogP contribution in [0.4, 0.5) is 0 Å². The molecular formula is C17H29O4P. The van der Waals surface area contributed by atoms with E-state index in [1.165, 1.54) is 12.7 Å². The van der Waals surface area contributed by atoms with Crippen molar-refractivity contribution in [3.05, 3.63) is 47.8 Å². The fourth-order valence-electron chi connectivity index (χ4n) is 1.95. The highest BCUT2D eigenvalue weighted by Gasteiger charge is 2.24. The third kappa shape index (κ3) is 8.62. The summed E-state index contributed by atoms with van der Waals surface area (Å²) >= 11 is 0. The first-order chi connectivity index (χ1) is 10.7. The number of ether oxygens (including phenoxy) is 2. The van der Waals surface area contributed by atoms with Crippen molar-refractivity contribution < 1.29 is 18.9 Å². The molecule has 0 amide bonds. The van der Waals surface area contributed by atoms with Gasteiger partial charge in [0.1, 0.15) is 0 Å². The van der Waals surface area contributed by atoms with E-state index >= 15 is 0 Å². The molecule has 22 heavy (non-hydrogen) atoms. The maximum Gasteiger partial charge on any atom is 0.194 e. The van der Waals surface area contributed by atoms with Crippen LogP contribution in [0.1, 0.15) is 38.4 Å². The standard InChI is InChI=1S/C13H17O3P.C2H6O.C2H6/c1-15-17(14)10-9-12-7-8-13(16-12)11-5-3-2-4-6-11;1-3-2;1-2/h2-6,9-10,12-14H,7-8H2,1H3;1-2H3;1-2H3/b10-9+;;. The number of rotatable bonds is 4. The Balaban J connectivity index is 0.000000789. The largest absolute Gasteiger partial charge is 0.388 e. The molecule has 1 fully saturated rings. The second-order valence-corrected chi connectivity index (χ2v) is 5.65. The molecule has 126 valence electrons. The van der Waals surface area contributed by atoms with E-state index in [4.69, 9.17) is 9.26 Å². The highest BCUT2D eigenvalue weighted by Crippen LogP contribution is 2.36. The Bertz CT molecular complexity index is 384. The zero-order chi connectivity index (χ0) is 16.8. The van der Waals surface area contributed by atoms with Gasteiger partial charge in [0.25, 0.3) is 0 Å². The fourth-order valence-corrected chi connectivity index (χ4v) is 2.41. The van der Waals surface area contributed by atoms with Gasteiger partial charge in [-0.1, -0.05) is 50.3 Å². The van der Waals surface area contributed by atoms with Gasteiger partial charge >= 0.3 is 0 Å². The van der Waals surface area contributed by atoms with Crippen LogP contribution >= 0.6 is 8.38 Å². The van der Waals surface area contributed by atoms with Gasteiger partial charge in [0.05, 0.1) is 12.2 Å². The van der Waals surface area contributed by atoms with Crippen LogP contribution < -0.4 is 0 Å². The quantitative estimate of drug-likeness (QED) is 0.817. The molecule has 1 aromatic carbocycles. The Morgan fingerprint density at radius 3 is 2.27 bits per heavy atom. The Kier molecular flexibility index (Phi) is 13.4. The number of methoxy groups -OCH3 is 1. The van der Waals surface area contributed by atoms with E-state index in [0.717, 1.165) is 12.8 Å². The van der Waals surface area contributed by atoms with Gasteiger partial charge < -0.3 is 18.9 Å². The van der Waals surface area contributed by atoms with Crippen LogP contribution in [0.25, 0.3) is 0 Å². The minimum absolute atomic E-state index is 0.0903. The summed E-state index contributed by atoms with van der Waals surface area (Å²) in [5.74, 6) is 1.69.